The molecule has 1 aliphatic rings. The molecule has 6 heteroatoms. The Kier molecular flexibility index (Phi) is 5.80. The summed E-state index contributed by atoms with van der Waals surface area (Å²) >= 11 is 0. The maximum Gasteiger partial charge on any atom is 0.410 e. The maximum atomic E-state index is 12.3. The molecule has 0 aromatic carbocycles. The zero-order valence-electron chi connectivity index (χ0n) is 14.6. The van der Waals surface area contributed by atoms with Crippen LogP contribution in [0.3, 0.4) is 0 Å². The Morgan fingerprint density at radius 2 is 2.26 bits per heavy atom. The lowest BCUT2D eigenvalue weighted by Gasteiger charge is -2.33. The molecule has 0 radical (unpaired) electrons. The van der Waals surface area contributed by atoms with E-state index in [1.165, 1.54) is 0 Å². The van der Waals surface area contributed by atoms with Crippen molar-refractivity contribution in [3.8, 4) is 0 Å². The summed E-state index contributed by atoms with van der Waals surface area (Å²) in [5.41, 5.74) is 0.530. The summed E-state index contributed by atoms with van der Waals surface area (Å²) in [6.45, 7) is 10.0. The van der Waals surface area contributed by atoms with Crippen molar-refractivity contribution in [2.45, 2.75) is 58.5 Å². The lowest BCUT2D eigenvalue weighted by atomic mass is 9.95. The molecule has 1 amide bonds. The average molecular weight is 320 g/mol. The molecule has 1 atom stereocenters. The minimum atomic E-state index is -0.462. The summed E-state index contributed by atoms with van der Waals surface area (Å²) in [4.78, 5) is 22.9. The summed E-state index contributed by atoms with van der Waals surface area (Å²) in [5, 5.41) is 3.21. The largest absolute Gasteiger partial charge is 0.444 e. The summed E-state index contributed by atoms with van der Waals surface area (Å²) in [6.07, 6.45) is 4.58. The molecule has 6 nitrogen and oxygen atoms in total. The Hall–Kier alpha value is -1.85. The fraction of sp³-hybridized carbons (Fsp3) is 0.706. The third-order valence-corrected chi connectivity index (χ3v) is 3.70. The molecule has 1 aromatic heterocycles. The molecule has 1 saturated heterocycles. The van der Waals surface area contributed by atoms with Crippen LogP contribution in [0.1, 0.15) is 58.6 Å². The number of nitrogens with zero attached hydrogens (tertiary/aromatic N) is 3. The zero-order chi connectivity index (χ0) is 16.9. The van der Waals surface area contributed by atoms with E-state index in [2.05, 4.69) is 22.2 Å². The van der Waals surface area contributed by atoms with E-state index < -0.39 is 5.60 Å². The molecule has 1 N–H and O–H groups in total. The minimum Gasteiger partial charge on any atom is -0.444 e. The highest BCUT2D eigenvalue weighted by Crippen LogP contribution is 2.27. The second-order valence-corrected chi connectivity index (χ2v) is 7.00. The van der Waals surface area contributed by atoms with Gasteiger partial charge in [0.1, 0.15) is 5.60 Å². The van der Waals surface area contributed by atoms with Gasteiger partial charge in [-0.25, -0.2) is 14.8 Å². The van der Waals surface area contributed by atoms with E-state index in [0.29, 0.717) is 12.5 Å². The van der Waals surface area contributed by atoms with E-state index in [4.69, 9.17) is 4.74 Å². The van der Waals surface area contributed by atoms with Crippen molar-refractivity contribution in [2.75, 3.05) is 25.0 Å². The van der Waals surface area contributed by atoms with Crippen LogP contribution in [-0.2, 0) is 4.74 Å². The molecule has 0 aliphatic carbocycles. The van der Waals surface area contributed by atoms with Gasteiger partial charge in [-0.3, -0.25) is 0 Å². The fourth-order valence-corrected chi connectivity index (χ4v) is 2.63. The lowest BCUT2D eigenvalue weighted by molar-refractivity contribution is 0.0197. The fourth-order valence-electron chi connectivity index (χ4n) is 2.63. The summed E-state index contributed by atoms with van der Waals surface area (Å²) in [5.74, 6) is 0.903. The first kappa shape index (κ1) is 17.5. The Bertz CT molecular complexity index is 528. The van der Waals surface area contributed by atoms with Gasteiger partial charge in [0.2, 0.25) is 5.95 Å². The Morgan fingerprint density at radius 1 is 1.48 bits per heavy atom. The smallest absolute Gasteiger partial charge is 0.410 e. The first-order valence-corrected chi connectivity index (χ1v) is 8.44. The molecule has 1 aromatic rings. The van der Waals surface area contributed by atoms with Gasteiger partial charge in [0.15, 0.2) is 0 Å². The van der Waals surface area contributed by atoms with Gasteiger partial charge in [-0.2, -0.15) is 0 Å². The summed E-state index contributed by atoms with van der Waals surface area (Å²) in [7, 11) is 0. The van der Waals surface area contributed by atoms with Crippen molar-refractivity contribution in [1.29, 1.82) is 0 Å². The van der Waals surface area contributed by atoms with Crippen LogP contribution >= 0.6 is 0 Å². The van der Waals surface area contributed by atoms with Crippen molar-refractivity contribution in [2.24, 2.45) is 0 Å². The van der Waals surface area contributed by atoms with Gasteiger partial charge in [0, 0.05) is 31.7 Å². The van der Waals surface area contributed by atoms with E-state index in [-0.39, 0.29) is 12.0 Å². The molecular weight excluding hydrogens is 292 g/mol. The van der Waals surface area contributed by atoms with Crippen LogP contribution in [-0.4, -0.2) is 46.2 Å². The van der Waals surface area contributed by atoms with Gasteiger partial charge < -0.3 is 15.0 Å². The SMILES string of the molecule is CCCNc1nccc(C2CCCN(C(=O)OC(C)(C)C)C2)n1. The molecule has 2 rings (SSSR count). The molecule has 1 aliphatic heterocycles. The summed E-state index contributed by atoms with van der Waals surface area (Å²) < 4.78 is 5.48. The second-order valence-electron chi connectivity index (χ2n) is 7.00. The molecule has 2 heterocycles. The first-order chi connectivity index (χ1) is 10.9. The number of rotatable bonds is 4. The van der Waals surface area contributed by atoms with E-state index >= 15 is 0 Å². The van der Waals surface area contributed by atoms with Gasteiger partial charge in [-0.1, -0.05) is 6.92 Å². The number of carbonyl (C=O) groups is 1. The number of nitrogens with one attached hydrogen (secondary N) is 1. The number of carbonyl (C=O) groups excluding carboxylic acids is 1. The monoisotopic (exact) mass is 320 g/mol. The van der Waals surface area contributed by atoms with E-state index in [0.717, 1.165) is 38.0 Å². The van der Waals surface area contributed by atoms with Crippen LogP contribution in [0.15, 0.2) is 12.3 Å². The number of anilines is 1. The second kappa shape index (κ2) is 7.62. The Labute approximate surface area is 138 Å². The molecule has 23 heavy (non-hydrogen) atoms. The van der Waals surface area contributed by atoms with Gasteiger partial charge in [0.25, 0.3) is 0 Å². The minimum absolute atomic E-state index is 0.236. The van der Waals surface area contributed by atoms with E-state index in [1.807, 2.05) is 26.8 Å². The number of hydrogen-bond donors (Lipinski definition) is 1. The molecular formula is C17H28N4O2. The normalized spacial score (nSPS) is 18.6. The number of hydrogen-bond acceptors (Lipinski definition) is 5. The molecule has 1 unspecified atom stereocenters. The van der Waals surface area contributed by atoms with Gasteiger partial charge in [-0.15, -0.1) is 0 Å². The van der Waals surface area contributed by atoms with Crippen molar-refractivity contribution in [3.63, 3.8) is 0 Å². The highest BCUT2D eigenvalue weighted by atomic mass is 16.6. The third kappa shape index (κ3) is 5.37. The van der Waals surface area contributed by atoms with Crippen molar-refractivity contribution < 1.29 is 9.53 Å². The van der Waals surface area contributed by atoms with Crippen molar-refractivity contribution >= 4 is 12.0 Å². The summed E-state index contributed by atoms with van der Waals surface area (Å²) in [6, 6.07) is 1.94. The Balaban J connectivity index is 2.02. The maximum absolute atomic E-state index is 12.3. The predicted octanol–water partition coefficient (Wildman–Crippen LogP) is 3.41. The number of likely N-dealkylation sites (tertiary alicyclic amines) is 1. The molecule has 0 spiro atoms. The highest BCUT2D eigenvalue weighted by molar-refractivity contribution is 5.68. The molecule has 128 valence electrons. The van der Waals surface area contributed by atoms with Crippen LogP contribution in [0.5, 0.6) is 0 Å². The van der Waals surface area contributed by atoms with Crippen LogP contribution in [0.2, 0.25) is 0 Å². The van der Waals surface area contributed by atoms with Gasteiger partial charge in [0.05, 0.1) is 5.69 Å². The zero-order valence-corrected chi connectivity index (χ0v) is 14.6. The number of aromatic nitrogens is 2. The average Bonchev–Trinajstić information content (AvgIpc) is 2.52. The topological polar surface area (TPSA) is 67.4 Å². The molecule has 0 saturated carbocycles. The lowest BCUT2D eigenvalue weighted by Crippen LogP contribution is -2.42. The molecule has 0 bridgehead atoms. The van der Waals surface area contributed by atoms with Crippen molar-refractivity contribution in [3.05, 3.63) is 18.0 Å². The number of ether oxygens (including phenoxy) is 1. The van der Waals surface area contributed by atoms with Crippen LogP contribution in [0, 0.1) is 0 Å². The van der Waals surface area contributed by atoms with E-state index in [9.17, 15) is 4.79 Å². The number of amides is 1. The quantitative estimate of drug-likeness (QED) is 0.921. The standard InChI is InChI=1S/C17H28N4O2/c1-5-9-18-15-19-10-8-14(20-15)13-7-6-11-21(12-13)16(22)23-17(2,3)4/h8,10,13H,5-7,9,11-12H2,1-4H3,(H,18,19,20). The van der Waals surface area contributed by atoms with Gasteiger partial charge in [-0.05, 0) is 46.1 Å². The third-order valence-electron chi connectivity index (χ3n) is 3.70. The number of piperidine rings is 1. The van der Waals surface area contributed by atoms with Gasteiger partial charge >= 0.3 is 6.09 Å². The highest BCUT2D eigenvalue weighted by Gasteiger charge is 2.29. The van der Waals surface area contributed by atoms with Crippen LogP contribution in [0.25, 0.3) is 0 Å². The van der Waals surface area contributed by atoms with Crippen LogP contribution in [0.4, 0.5) is 10.7 Å². The predicted molar refractivity (Wildman–Crippen MR) is 90.6 cm³/mol. The Morgan fingerprint density at radius 3 is 2.96 bits per heavy atom. The van der Waals surface area contributed by atoms with E-state index in [1.54, 1.807) is 11.1 Å². The molecule has 1 fully saturated rings. The van der Waals surface area contributed by atoms with Crippen LogP contribution < -0.4 is 5.32 Å². The first-order valence-electron chi connectivity index (χ1n) is 8.44. The van der Waals surface area contributed by atoms with Crippen molar-refractivity contribution in [1.82, 2.24) is 14.9 Å².